The van der Waals surface area contributed by atoms with E-state index in [-0.39, 0.29) is 5.56 Å². The molecule has 0 saturated heterocycles. The second-order valence-electron chi connectivity index (χ2n) is 3.19. The van der Waals surface area contributed by atoms with E-state index in [9.17, 15) is 4.79 Å². The van der Waals surface area contributed by atoms with Gasteiger partial charge in [0.25, 0.3) is 0 Å². The summed E-state index contributed by atoms with van der Waals surface area (Å²) < 4.78 is 1.58. The maximum Gasteiger partial charge on any atom is 0.337 e. The molecule has 0 saturated carbocycles. The summed E-state index contributed by atoms with van der Waals surface area (Å²) in [5, 5.41) is 13.8. The van der Waals surface area contributed by atoms with Crippen LogP contribution >= 0.6 is 11.8 Å². The lowest BCUT2D eigenvalue weighted by atomic mass is 10.3. The highest BCUT2D eigenvalue weighted by Gasteiger charge is 2.11. The number of rotatable bonds is 3. The molecule has 0 aromatic carbocycles. The highest BCUT2D eigenvalue weighted by atomic mass is 32.2. The van der Waals surface area contributed by atoms with E-state index in [1.807, 2.05) is 0 Å². The molecule has 0 spiro atoms. The van der Waals surface area contributed by atoms with Crippen LogP contribution in [0.1, 0.15) is 10.4 Å². The Morgan fingerprint density at radius 3 is 2.82 bits per heavy atom. The average Bonchev–Trinajstić information content (AvgIpc) is 2.67. The van der Waals surface area contributed by atoms with Crippen molar-refractivity contribution in [2.75, 3.05) is 5.73 Å². The molecule has 17 heavy (non-hydrogen) atoms. The summed E-state index contributed by atoms with van der Waals surface area (Å²) in [4.78, 5) is 18.7. The molecule has 0 fully saturated rings. The Labute approximate surface area is 101 Å². The number of aryl methyl sites for hydroxylation is 1. The first-order chi connectivity index (χ1) is 8.08. The zero-order chi connectivity index (χ0) is 12.4. The molecule has 2 rings (SSSR count). The number of nitrogen functional groups attached to an aromatic ring is 1. The number of carboxylic acid groups (broad SMARTS) is 1. The molecule has 2 aromatic heterocycles. The van der Waals surface area contributed by atoms with Crippen LogP contribution in [0.5, 0.6) is 0 Å². The summed E-state index contributed by atoms with van der Waals surface area (Å²) in [6.45, 7) is 0. The molecule has 2 heterocycles. The van der Waals surface area contributed by atoms with Crippen molar-refractivity contribution >= 4 is 23.4 Å². The SMILES string of the molecule is Cn1ncnc1Sc1ncc(C(=O)O)cc1N. The van der Waals surface area contributed by atoms with Gasteiger partial charge in [0.1, 0.15) is 11.4 Å². The van der Waals surface area contributed by atoms with Gasteiger partial charge in [-0.15, -0.1) is 0 Å². The molecule has 0 aliphatic rings. The normalized spacial score (nSPS) is 10.4. The molecule has 0 aliphatic heterocycles. The summed E-state index contributed by atoms with van der Waals surface area (Å²) >= 11 is 1.23. The number of anilines is 1. The summed E-state index contributed by atoms with van der Waals surface area (Å²) in [6.07, 6.45) is 2.68. The number of carboxylic acids is 1. The molecular formula is C9H9N5O2S. The first kappa shape index (κ1) is 11.4. The van der Waals surface area contributed by atoms with Crippen LogP contribution in [0, 0.1) is 0 Å². The monoisotopic (exact) mass is 251 g/mol. The predicted octanol–water partition coefficient (Wildman–Crippen LogP) is 0.642. The molecular weight excluding hydrogens is 242 g/mol. The standard InChI is InChI=1S/C9H9N5O2S/c1-14-9(12-4-13-14)17-7-6(10)2-5(3-11-7)8(15)16/h2-4H,10H2,1H3,(H,15,16). The van der Waals surface area contributed by atoms with Crippen molar-refractivity contribution in [1.82, 2.24) is 19.7 Å². The lowest BCUT2D eigenvalue weighted by Crippen LogP contribution is -2.01. The maximum atomic E-state index is 10.7. The summed E-state index contributed by atoms with van der Waals surface area (Å²) in [7, 11) is 1.75. The van der Waals surface area contributed by atoms with Crippen molar-refractivity contribution in [3.63, 3.8) is 0 Å². The van der Waals surface area contributed by atoms with E-state index in [1.165, 1.54) is 30.4 Å². The molecule has 3 N–H and O–H groups in total. The van der Waals surface area contributed by atoms with Crippen LogP contribution in [-0.4, -0.2) is 30.8 Å². The Bertz CT molecular complexity index is 568. The highest BCUT2D eigenvalue weighted by Crippen LogP contribution is 2.28. The molecule has 2 aromatic rings. The molecule has 0 unspecified atom stereocenters. The van der Waals surface area contributed by atoms with E-state index >= 15 is 0 Å². The zero-order valence-corrected chi connectivity index (χ0v) is 9.68. The van der Waals surface area contributed by atoms with Crippen molar-refractivity contribution in [2.45, 2.75) is 10.2 Å². The topological polar surface area (TPSA) is 107 Å². The number of carbonyl (C=O) groups is 1. The second kappa shape index (κ2) is 4.42. The van der Waals surface area contributed by atoms with Gasteiger partial charge in [-0.25, -0.2) is 19.4 Å². The fourth-order valence-corrected chi connectivity index (χ4v) is 1.87. The number of hydrogen-bond donors (Lipinski definition) is 2. The van der Waals surface area contributed by atoms with Gasteiger partial charge < -0.3 is 10.8 Å². The lowest BCUT2D eigenvalue weighted by molar-refractivity contribution is 0.0696. The average molecular weight is 251 g/mol. The van der Waals surface area contributed by atoms with Gasteiger partial charge in [0, 0.05) is 13.2 Å². The van der Waals surface area contributed by atoms with E-state index in [1.54, 1.807) is 11.7 Å². The molecule has 0 amide bonds. The first-order valence-electron chi connectivity index (χ1n) is 4.58. The maximum absolute atomic E-state index is 10.7. The number of hydrogen-bond acceptors (Lipinski definition) is 6. The molecule has 8 heteroatoms. The number of aromatic carboxylic acids is 1. The Hall–Kier alpha value is -2.09. The van der Waals surface area contributed by atoms with E-state index in [0.717, 1.165) is 0 Å². The van der Waals surface area contributed by atoms with Crippen molar-refractivity contribution in [3.05, 3.63) is 24.2 Å². The van der Waals surface area contributed by atoms with Gasteiger partial charge in [-0.3, -0.25) is 0 Å². The molecule has 0 atom stereocenters. The Morgan fingerprint density at radius 2 is 2.29 bits per heavy atom. The number of nitrogens with zero attached hydrogens (tertiary/aromatic N) is 4. The van der Waals surface area contributed by atoms with Gasteiger partial charge in [-0.05, 0) is 17.8 Å². The number of aromatic nitrogens is 4. The molecule has 0 aliphatic carbocycles. The third kappa shape index (κ3) is 2.36. The molecule has 0 bridgehead atoms. The minimum Gasteiger partial charge on any atom is -0.478 e. The van der Waals surface area contributed by atoms with Crippen LogP contribution in [0.3, 0.4) is 0 Å². The van der Waals surface area contributed by atoms with Gasteiger partial charge in [0.05, 0.1) is 11.3 Å². The van der Waals surface area contributed by atoms with Gasteiger partial charge >= 0.3 is 5.97 Å². The van der Waals surface area contributed by atoms with Crippen molar-refractivity contribution in [1.29, 1.82) is 0 Å². The van der Waals surface area contributed by atoms with Crippen LogP contribution in [0.15, 0.2) is 28.8 Å². The molecule has 88 valence electrons. The second-order valence-corrected chi connectivity index (χ2v) is 4.15. The Balaban J connectivity index is 2.29. The number of pyridine rings is 1. The minimum atomic E-state index is -1.06. The van der Waals surface area contributed by atoms with Crippen LogP contribution < -0.4 is 5.73 Å². The minimum absolute atomic E-state index is 0.0600. The van der Waals surface area contributed by atoms with Crippen molar-refractivity contribution < 1.29 is 9.90 Å². The smallest absolute Gasteiger partial charge is 0.337 e. The number of nitrogens with two attached hydrogens (primary N) is 1. The third-order valence-corrected chi connectivity index (χ3v) is 3.07. The molecule has 7 nitrogen and oxygen atoms in total. The van der Waals surface area contributed by atoms with E-state index in [4.69, 9.17) is 10.8 Å². The Kier molecular flexibility index (Phi) is 2.96. The zero-order valence-electron chi connectivity index (χ0n) is 8.86. The summed E-state index contributed by atoms with van der Waals surface area (Å²) in [5.41, 5.74) is 6.09. The third-order valence-electron chi connectivity index (χ3n) is 1.98. The van der Waals surface area contributed by atoms with Gasteiger partial charge in [-0.1, -0.05) is 0 Å². The fourth-order valence-electron chi connectivity index (χ4n) is 1.14. The van der Waals surface area contributed by atoms with E-state index in [0.29, 0.717) is 15.9 Å². The van der Waals surface area contributed by atoms with Crippen LogP contribution in [0.4, 0.5) is 5.69 Å². The largest absolute Gasteiger partial charge is 0.478 e. The van der Waals surface area contributed by atoms with Crippen molar-refractivity contribution in [3.8, 4) is 0 Å². The van der Waals surface area contributed by atoms with E-state index in [2.05, 4.69) is 15.1 Å². The van der Waals surface area contributed by atoms with Crippen LogP contribution in [0.2, 0.25) is 0 Å². The van der Waals surface area contributed by atoms with E-state index < -0.39 is 5.97 Å². The predicted molar refractivity (Wildman–Crippen MR) is 60.7 cm³/mol. The van der Waals surface area contributed by atoms with Crippen molar-refractivity contribution in [2.24, 2.45) is 7.05 Å². The first-order valence-corrected chi connectivity index (χ1v) is 5.40. The highest BCUT2D eigenvalue weighted by molar-refractivity contribution is 7.99. The van der Waals surface area contributed by atoms with Gasteiger partial charge in [-0.2, -0.15) is 5.10 Å². The van der Waals surface area contributed by atoms with Gasteiger partial charge in [0.15, 0.2) is 5.16 Å². The summed E-state index contributed by atoms with van der Waals surface area (Å²) in [5.74, 6) is -1.06. The fraction of sp³-hybridized carbons (Fsp3) is 0.111. The van der Waals surface area contributed by atoms with Crippen LogP contribution in [0.25, 0.3) is 0 Å². The van der Waals surface area contributed by atoms with Gasteiger partial charge in [0.2, 0.25) is 0 Å². The quantitative estimate of drug-likeness (QED) is 0.824. The molecule has 0 radical (unpaired) electrons. The lowest BCUT2D eigenvalue weighted by Gasteiger charge is -2.04. The van der Waals surface area contributed by atoms with Crippen LogP contribution in [-0.2, 0) is 7.05 Å². The summed E-state index contributed by atoms with van der Waals surface area (Å²) in [6, 6.07) is 1.37. The Morgan fingerprint density at radius 1 is 1.53 bits per heavy atom.